The van der Waals surface area contributed by atoms with Crippen molar-refractivity contribution < 1.29 is 28.6 Å². The molecule has 0 saturated carbocycles. The van der Waals surface area contributed by atoms with Crippen LogP contribution in [0.2, 0.25) is 0 Å². The molecule has 0 fully saturated rings. The Morgan fingerprint density at radius 2 is 1.78 bits per heavy atom. The summed E-state index contributed by atoms with van der Waals surface area (Å²) >= 11 is 4.88. The molecular weight excluding hydrogens is 374 g/mol. The number of nitrogens with one attached hydrogen (secondary N) is 3. The van der Waals surface area contributed by atoms with Crippen LogP contribution in [0.4, 0.5) is 0 Å². The van der Waals surface area contributed by atoms with Crippen molar-refractivity contribution in [1.29, 1.82) is 0 Å². The summed E-state index contributed by atoms with van der Waals surface area (Å²) < 4.78 is 14.9. The molecule has 2 amide bonds. The van der Waals surface area contributed by atoms with Gasteiger partial charge in [-0.2, -0.15) is 0 Å². The molecule has 1 rings (SSSR count). The van der Waals surface area contributed by atoms with Gasteiger partial charge in [-0.1, -0.05) is 18.2 Å². The zero-order chi connectivity index (χ0) is 20.1. The average Bonchev–Trinajstić information content (AvgIpc) is 2.64. The summed E-state index contributed by atoms with van der Waals surface area (Å²) in [6, 6.07) is 7.28. The molecule has 10 heteroatoms. The van der Waals surface area contributed by atoms with Gasteiger partial charge < -0.3 is 19.5 Å². The number of esters is 1. The fraction of sp³-hybridized carbons (Fsp3) is 0.412. The molecule has 0 radical (unpaired) electrons. The van der Waals surface area contributed by atoms with Gasteiger partial charge in [0.1, 0.15) is 12.4 Å². The van der Waals surface area contributed by atoms with Crippen molar-refractivity contribution in [2.24, 2.45) is 0 Å². The lowest BCUT2D eigenvalue weighted by atomic mass is 10.2. The molecule has 0 aliphatic heterocycles. The maximum absolute atomic E-state index is 11.7. The first-order valence-electron chi connectivity index (χ1n) is 8.14. The van der Waals surface area contributed by atoms with E-state index in [-0.39, 0.29) is 31.2 Å². The molecule has 1 aromatic carbocycles. The monoisotopic (exact) mass is 397 g/mol. The molecule has 3 N–H and O–H groups in total. The van der Waals surface area contributed by atoms with Crippen molar-refractivity contribution in [3.63, 3.8) is 0 Å². The predicted molar refractivity (Wildman–Crippen MR) is 101 cm³/mol. The second-order valence-corrected chi connectivity index (χ2v) is 5.73. The van der Waals surface area contributed by atoms with E-state index in [0.717, 1.165) is 5.56 Å². The number of thiocarbonyl (C=S) groups is 1. The summed E-state index contributed by atoms with van der Waals surface area (Å²) in [7, 11) is 1.49. The first-order chi connectivity index (χ1) is 12.9. The first-order valence-corrected chi connectivity index (χ1v) is 8.55. The van der Waals surface area contributed by atoms with E-state index >= 15 is 0 Å². The molecule has 0 heterocycles. The van der Waals surface area contributed by atoms with Gasteiger partial charge in [-0.25, -0.2) is 0 Å². The van der Waals surface area contributed by atoms with Gasteiger partial charge in [0.2, 0.25) is 5.91 Å². The van der Waals surface area contributed by atoms with Gasteiger partial charge in [0, 0.05) is 13.5 Å². The number of hydrazine groups is 1. The van der Waals surface area contributed by atoms with Crippen LogP contribution in [0, 0.1) is 6.92 Å². The van der Waals surface area contributed by atoms with E-state index in [9.17, 15) is 14.4 Å². The van der Waals surface area contributed by atoms with Crippen LogP contribution < -0.4 is 20.9 Å². The Morgan fingerprint density at radius 3 is 2.48 bits per heavy atom. The van der Waals surface area contributed by atoms with Crippen LogP contribution in [-0.4, -0.2) is 49.8 Å². The highest BCUT2D eigenvalue weighted by molar-refractivity contribution is 7.80. The largest absolute Gasteiger partial charge is 0.483 e. The number of rotatable bonds is 9. The number of hydrogen-bond acceptors (Lipinski definition) is 7. The SMILES string of the molecule is COCCOC(=O)CCC(=O)NC(=S)NNC(=O)COc1ccccc1C. The van der Waals surface area contributed by atoms with E-state index < -0.39 is 17.8 Å². The highest BCUT2D eigenvalue weighted by atomic mass is 32.1. The normalized spacial score (nSPS) is 9.85. The van der Waals surface area contributed by atoms with E-state index in [1.807, 2.05) is 19.1 Å². The van der Waals surface area contributed by atoms with Crippen molar-refractivity contribution in [3.05, 3.63) is 29.8 Å². The fourth-order valence-corrected chi connectivity index (χ4v) is 1.94. The van der Waals surface area contributed by atoms with Gasteiger partial charge in [-0.05, 0) is 30.8 Å². The molecule has 0 bridgehead atoms. The average molecular weight is 397 g/mol. The molecule has 0 atom stereocenters. The van der Waals surface area contributed by atoms with E-state index in [1.54, 1.807) is 12.1 Å². The molecule has 0 aromatic heterocycles. The molecule has 0 unspecified atom stereocenters. The van der Waals surface area contributed by atoms with Crippen LogP contribution in [-0.2, 0) is 23.9 Å². The number of hydrogen-bond donors (Lipinski definition) is 3. The van der Waals surface area contributed by atoms with E-state index in [0.29, 0.717) is 12.4 Å². The summed E-state index contributed by atoms with van der Waals surface area (Å²) in [5, 5.41) is 2.23. The molecule has 1 aromatic rings. The Hall–Kier alpha value is -2.72. The molecule has 0 spiro atoms. The number of para-hydroxylation sites is 1. The third kappa shape index (κ3) is 10.1. The lowest BCUT2D eigenvalue weighted by Gasteiger charge is -2.12. The number of aryl methyl sites for hydroxylation is 1. The van der Waals surface area contributed by atoms with Crippen LogP contribution in [0.3, 0.4) is 0 Å². The highest BCUT2D eigenvalue weighted by Crippen LogP contribution is 2.15. The van der Waals surface area contributed by atoms with Crippen molar-refractivity contribution in [1.82, 2.24) is 16.2 Å². The molecular formula is C17H23N3O6S. The van der Waals surface area contributed by atoms with E-state index in [1.165, 1.54) is 7.11 Å². The zero-order valence-corrected chi connectivity index (χ0v) is 16.0. The second-order valence-electron chi connectivity index (χ2n) is 5.32. The van der Waals surface area contributed by atoms with Gasteiger partial charge in [-0.15, -0.1) is 0 Å². The summed E-state index contributed by atoms with van der Waals surface area (Å²) in [6.07, 6.45) is -0.188. The second kappa shape index (κ2) is 12.6. The number of methoxy groups -OCH3 is 1. The van der Waals surface area contributed by atoms with Gasteiger partial charge >= 0.3 is 5.97 Å². The highest BCUT2D eigenvalue weighted by Gasteiger charge is 2.10. The van der Waals surface area contributed by atoms with Crippen LogP contribution >= 0.6 is 12.2 Å². The summed E-state index contributed by atoms with van der Waals surface area (Å²) in [5.41, 5.74) is 5.59. The van der Waals surface area contributed by atoms with Crippen molar-refractivity contribution in [3.8, 4) is 5.75 Å². The Labute approximate surface area is 162 Å². The standard InChI is InChI=1S/C17H23N3O6S/c1-12-5-3-4-6-13(12)26-11-15(22)19-20-17(27)18-14(21)7-8-16(23)25-10-9-24-2/h3-6H,7-11H2,1-2H3,(H,19,22)(H2,18,20,21,27). The lowest BCUT2D eigenvalue weighted by molar-refractivity contribution is -0.146. The van der Waals surface area contributed by atoms with Gasteiger partial charge in [0.25, 0.3) is 5.91 Å². The number of carbonyl (C=O) groups excluding carboxylic acids is 3. The molecule has 9 nitrogen and oxygen atoms in total. The van der Waals surface area contributed by atoms with Gasteiger partial charge in [0.05, 0.1) is 13.0 Å². The molecule has 27 heavy (non-hydrogen) atoms. The van der Waals surface area contributed by atoms with Gasteiger partial charge in [-0.3, -0.25) is 25.2 Å². The van der Waals surface area contributed by atoms with Crippen molar-refractivity contribution in [2.75, 3.05) is 26.9 Å². The molecule has 0 aliphatic rings. The van der Waals surface area contributed by atoms with Crippen molar-refractivity contribution >= 4 is 35.1 Å². The predicted octanol–water partition coefficient (Wildman–Crippen LogP) is 0.366. The topological polar surface area (TPSA) is 115 Å². The summed E-state index contributed by atoms with van der Waals surface area (Å²) in [6.45, 7) is 2.07. The Kier molecular flexibility index (Phi) is 10.4. The minimum Gasteiger partial charge on any atom is -0.483 e. The molecule has 148 valence electrons. The fourth-order valence-electron chi connectivity index (χ4n) is 1.77. The lowest BCUT2D eigenvalue weighted by Crippen LogP contribution is -2.49. The third-order valence-corrected chi connectivity index (χ3v) is 3.33. The number of ether oxygens (including phenoxy) is 3. The number of amides is 2. The zero-order valence-electron chi connectivity index (χ0n) is 15.2. The maximum Gasteiger partial charge on any atom is 0.306 e. The summed E-state index contributed by atoms with van der Waals surface area (Å²) in [5.74, 6) is -0.873. The maximum atomic E-state index is 11.7. The van der Waals surface area contributed by atoms with E-state index in [2.05, 4.69) is 16.2 Å². The smallest absolute Gasteiger partial charge is 0.306 e. The Morgan fingerprint density at radius 1 is 1.04 bits per heavy atom. The molecule has 0 aliphatic carbocycles. The van der Waals surface area contributed by atoms with Crippen molar-refractivity contribution in [2.45, 2.75) is 19.8 Å². The first kappa shape index (κ1) is 22.3. The van der Waals surface area contributed by atoms with Crippen LogP contribution in [0.1, 0.15) is 18.4 Å². The van der Waals surface area contributed by atoms with Gasteiger partial charge in [0.15, 0.2) is 11.7 Å². The minimum absolute atomic E-state index is 0.0885. The van der Waals surface area contributed by atoms with E-state index in [4.69, 9.17) is 26.4 Å². The Balaban J connectivity index is 2.18. The minimum atomic E-state index is -0.511. The summed E-state index contributed by atoms with van der Waals surface area (Å²) in [4.78, 5) is 34.7. The third-order valence-electron chi connectivity index (χ3n) is 3.13. The van der Waals surface area contributed by atoms with Crippen LogP contribution in [0.15, 0.2) is 24.3 Å². The van der Waals surface area contributed by atoms with Crippen LogP contribution in [0.25, 0.3) is 0 Å². The van der Waals surface area contributed by atoms with Crippen LogP contribution in [0.5, 0.6) is 5.75 Å². The number of carbonyl (C=O) groups is 3. The molecule has 0 saturated heterocycles. The quantitative estimate of drug-likeness (QED) is 0.237. The Bertz CT molecular complexity index is 668. The number of benzene rings is 1.